The maximum absolute atomic E-state index is 12.9. The fourth-order valence-electron chi connectivity index (χ4n) is 2.45. The van der Waals surface area contributed by atoms with Crippen molar-refractivity contribution in [1.29, 1.82) is 0 Å². The lowest BCUT2D eigenvalue weighted by Crippen LogP contribution is -2.12. The standard InChI is InChI=1S/C19H20F2N6/c1-11(2)23-16-10-17(25-15-9-13(18(20)21)7-8-22-15)27-19(26-16)14-6-4-5-12(3)24-14/h4-11,18H,1-3H3,(H2,22,23,25,26,27). The van der Waals surface area contributed by atoms with Gasteiger partial charge in [0, 0.05) is 29.6 Å². The predicted octanol–water partition coefficient (Wildman–Crippen LogP) is 4.74. The fraction of sp³-hybridized carbons (Fsp3) is 0.263. The molecule has 0 saturated heterocycles. The van der Waals surface area contributed by atoms with Crippen LogP contribution in [0.5, 0.6) is 0 Å². The Hall–Kier alpha value is -3.16. The van der Waals surface area contributed by atoms with Gasteiger partial charge < -0.3 is 10.6 Å². The van der Waals surface area contributed by atoms with Gasteiger partial charge in [-0.3, -0.25) is 0 Å². The number of anilines is 3. The van der Waals surface area contributed by atoms with E-state index in [0.29, 0.717) is 23.2 Å². The zero-order chi connectivity index (χ0) is 19.4. The molecule has 0 saturated carbocycles. The number of aryl methyl sites for hydroxylation is 1. The van der Waals surface area contributed by atoms with Gasteiger partial charge in [-0.25, -0.2) is 28.7 Å². The lowest BCUT2D eigenvalue weighted by Gasteiger charge is -2.13. The van der Waals surface area contributed by atoms with E-state index in [4.69, 9.17) is 0 Å². The van der Waals surface area contributed by atoms with Gasteiger partial charge in [-0.05, 0) is 45.0 Å². The van der Waals surface area contributed by atoms with Gasteiger partial charge >= 0.3 is 0 Å². The van der Waals surface area contributed by atoms with Crippen LogP contribution < -0.4 is 10.6 Å². The van der Waals surface area contributed by atoms with Crippen LogP contribution in [-0.2, 0) is 0 Å². The first-order valence-corrected chi connectivity index (χ1v) is 8.51. The van der Waals surface area contributed by atoms with Crippen LogP contribution in [0.3, 0.4) is 0 Å². The summed E-state index contributed by atoms with van der Waals surface area (Å²) in [7, 11) is 0. The van der Waals surface area contributed by atoms with E-state index in [9.17, 15) is 8.78 Å². The summed E-state index contributed by atoms with van der Waals surface area (Å²) in [6, 6.07) is 10.0. The van der Waals surface area contributed by atoms with Crippen molar-refractivity contribution < 1.29 is 8.78 Å². The Bertz CT molecular complexity index is 930. The van der Waals surface area contributed by atoms with Crippen molar-refractivity contribution in [3.63, 3.8) is 0 Å². The van der Waals surface area contributed by atoms with Gasteiger partial charge in [0.2, 0.25) is 0 Å². The minimum atomic E-state index is -2.57. The molecular weight excluding hydrogens is 350 g/mol. The normalized spacial score (nSPS) is 11.1. The molecular formula is C19H20F2N6. The summed E-state index contributed by atoms with van der Waals surface area (Å²) in [6.45, 7) is 5.87. The van der Waals surface area contributed by atoms with Crippen molar-refractivity contribution in [3.05, 3.63) is 53.9 Å². The largest absolute Gasteiger partial charge is 0.368 e. The number of aromatic nitrogens is 4. The summed E-state index contributed by atoms with van der Waals surface area (Å²) in [6.07, 6.45) is -1.23. The zero-order valence-corrected chi connectivity index (χ0v) is 15.2. The molecule has 3 aromatic rings. The van der Waals surface area contributed by atoms with E-state index in [0.717, 1.165) is 5.69 Å². The van der Waals surface area contributed by atoms with Crippen LogP contribution >= 0.6 is 0 Å². The molecule has 27 heavy (non-hydrogen) atoms. The van der Waals surface area contributed by atoms with Crippen molar-refractivity contribution >= 4 is 17.5 Å². The highest BCUT2D eigenvalue weighted by molar-refractivity contribution is 5.62. The van der Waals surface area contributed by atoms with E-state index in [1.807, 2.05) is 39.0 Å². The maximum atomic E-state index is 12.9. The third-order valence-electron chi connectivity index (χ3n) is 3.57. The SMILES string of the molecule is Cc1cccc(-c2nc(Nc3cc(C(F)F)ccn3)cc(NC(C)C)n2)n1. The molecule has 140 valence electrons. The lowest BCUT2D eigenvalue weighted by atomic mass is 10.2. The molecule has 6 nitrogen and oxygen atoms in total. The molecule has 0 fully saturated rings. The molecule has 0 amide bonds. The first-order chi connectivity index (χ1) is 12.9. The topological polar surface area (TPSA) is 75.6 Å². The van der Waals surface area contributed by atoms with Crippen molar-refractivity contribution in [1.82, 2.24) is 19.9 Å². The highest BCUT2D eigenvalue weighted by atomic mass is 19.3. The number of hydrogen-bond donors (Lipinski definition) is 2. The molecule has 0 bridgehead atoms. The molecule has 0 spiro atoms. The third kappa shape index (κ3) is 4.93. The van der Waals surface area contributed by atoms with Gasteiger partial charge in [0.15, 0.2) is 5.82 Å². The second kappa shape index (κ2) is 8.03. The summed E-state index contributed by atoms with van der Waals surface area (Å²) < 4.78 is 25.8. The Kier molecular flexibility index (Phi) is 5.54. The molecule has 0 aliphatic rings. The predicted molar refractivity (Wildman–Crippen MR) is 101 cm³/mol. The molecule has 3 rings (SSSR count). The quantitative estimate of drug-likeness (QED) is 0.652. The van der Waals surface area contributed by atoms with Gasteiger partial charge in [0.25, 0.3) is 6.43 Å². The van der Waals surface area contributed by atoms with Gasteiger partial charge in [0.05, 0.1) is 0 Å². The van der Waals surface area contributed by atoms with Gasteiger partial charge in [-0.15, -0.1) is 0 Å². The Morgan fingerprint density at radius 1 is 0.926 bits per heavy atom. The number of pyridine rings is 2. The van der Waals surface area contributed by atoms with E-state index < -0.39 is 6.43 Å². The van der Waals surface area contributed by atoms with E-state index in [1.54, 1.807) is 6.07 Å². The number of nitrogens with zero attached hydrogens (tertiary/aromatic N) is 4. The van der Waals surface area contributed by atoms with Crippen LogP contribution in [-0.4, -0.2) is 26.0 Å². The van der Waals surface area contributed by atoms with E-state index >= 15 is 0 Å². The molecule has 0 aliphatic carbocycles. The molecule has 3 heterocycles. The van der Waals surface area contributed by atoms with Crippen molar-refractivity contribution in [2.24, 2.45) is 0 Å². The number of nitrogens with one attached hydrogen (secondary N) is 2. The highest BCUT2D eigenvalue weighted by Crippen LogP contribution is 2.24. The second-order valence-corrected chi connectivity index (χ2v) is 6.33. The first-order valence-electron chi connectivity index (χ1n) is 8.51. The van der Waals surface area contributed by atoms with E-state index in [2.05, 4.69) is 30.6 Å². The minimum absolute atomic E-state index is 0.109. The number of alkyl halides is 2. The molecule has 0 aliphatic heterocycles. The Balaban J connectivity index is 1.98. The zero-order valence-electron chi connectivity index (χ0n) is 15.2. The minimum Gasteiger partial charge on any atom is -0.368 e. The van der Waals surface area contributed by atoms with E-state index in [1.165, 1.54) is 18.3 Å². The first kappa shape index (κ1) is 18.6. The van der Waals surface area contributed by atoms with Crippen LogP contribution in [0.25, 0.3) is 11.5 Å². The smallest absolute Gasteiger partial charge is 0.264 e. The maximum Gasteiger partial charge on any atom is 0.264 e. The van der Waals surface area contributed by atoms with Crippen molar-refractivity contribution in [2.45, 2.75) is 33.2 Å². The van der Waals surface area contributed by atoms with Gasteiger partial charge in [-0.2, -0.15) is 0 Å². The molecule has 0 aromatic carbocycles. The number of hydrogen-bond acceptors (Lipinski definition) is 6. The summed E-state index contributed by atoms with van der Waals surface area (Å²) in [5.41, 5.74) is 1.36. The summed E-state index contributed by atoms with van der Waals surface area (Å²) in [5, 5.41) is 6.20. The van der Waals surface area contributed by atoms with Crippen molar-refractivity contribution in [2.75, 3.05) is 10.6 Å². The van der Waals surface area contributed by atoms with Crippen LogP contribution in [0.1, 0.15) is 31.5 Å². The van der Waals surface area contributed by atoms with Crippen LogP contribution in [0, 0.1) is 6.92 Å². The number of halogens is 2. The van der Waals surface area contributed by atoms with E-state index in [-0.39, 0.29) is 17.4 Å². The van der Waals surface area contributed by atoms with Crippen LogP contribution in [0.4, 0.5) is 26.2 Å². The molecule has 0 atom stereocenters. The lowest BCUT2D eigenvalue weighted by molar-refractivity contribution is 0.151. The molecule has 8 heteroatoms. The molecule has 0 radical (unpaired) electrons. The molecule has 2 N–H and O–H groups in total. The summed E-state index contributed by atoms with van der Waals surface area (Å²) >= 11 is 0. The summed E-state index contributed by atoms with van der Waals surface area (Å²) in [5.74, 6) is 1.75. The van der Waals surface area contributed by atoms with Crippen LogP contribution in [0.15, 0.2) is 42.6 Å². The second-order valence-electron chi connectivity index (χ2n) is 6.33. The average Bonchev–Trinajstić information content (AvgIpc) is 2.61. The third-order valence-corrected chi connectivity index (χ3v) is 3.57. The molecule has 3 aromatic heterocycles. The van der Waals surface area contributed by atoms with Crippen LogP contribution in [0.2, 0.25) is 0 Å². The Morgan fingerprint density at radius 3 is 2.41 bits per heavy atom. The highest BCUT2D eigenvalue weighted by Gasteiger charge is 2.12. The molecule has 0 unspecified atom stereocenters. The monoisotopic (exact) mass is 370 g/mol. The Labute approximate surface area is 156 Å². The van der Waals surface area contributed by atoms with Gasteiger partial charge in [0.1, 0.15) is 23.1 Å². The number of rotatable bonds is 6. The fourth-order valence-corrected chi connectivity index (χ4v) is 2.45. The Morgan fingerprint density at radius 2 is 1.70 bits per heavy atom. The summed E-state index contributed by atoms with van der Waals surface area (Å²) in [4.78, 5) is 17.5. The average molecular weight is 370 g/mol. The van der Waals surface area contributed by atoms with Crippen molar-refractivity contribution in [3.8, 4) is 11.5 Å². The van der Waals surface area contributed by atoms with Gasteiger partial charge in [-0.1, -0.05) is 6.07 Å².